The van der Waals surface area contributed by atoms with E-state index in [-0.39, 0.29) is 0 Å². The Kier molecular flexibility index (Phi) is 5.12. The van der Waals surface area contributed by atoms with Crippen LogP contribution in [0.3, 0.4) is 0 Å². The van der Waals surface area contributed by atoms with Crippen LogP contribution in [0.15, 0.2) is 18.2 Å². The zero-order valence-corrected chi connectivity index (χ0v) is 14.0. The maximum atomic E-state index is 5.43. The van der Waals surface area contributed by atoms with Crippen LogP contribution in [0.2, 0.25) is 0 Å². The van der Waals surface area contributed by atoms with Gasteiger partial charge in [0.25, 0.3) is 0 Å². The molecule has 0 heterocycles. The Labute approximate surface area is 133 Å². The van der Waals surface area contributed by atoms with Gasteiger partial charge < -0.3 is 10.1 Å². The van der Waals surface area contributed by atoms with Crippen LogP contribution in [-0.4, -0.2) is 24.2 Å². The molecule has 3 atom stereocenters. The number of hydrogen-bond donors (Lipinski definition) is 1. The summed E-state index contributed by atoms with van der Waals surface area (Å²) in [5, 5.41) is 4.79. The molecule has 0 spiro atoms. The number of rotatable bonds is 5. The van der Waals surface area contributed by atoms with Crippen LogP contribution in [0.1, 0.15) is 56.2 Å². The predicted octanol–water partition coefficient (Wildman–Crippen LogP) is 4.34. The van der Waals surface area contributed by atoms with Crippen LogP contribution in [-0.2, 0) is 6.42 Å². The summed E-state index contributed by atoms with van der Waals surface area (Å²) in [5.41, 5.74) is 2.99. The average Bonchev–Trinajstić information content (AvgIpc) is 2.95. The highest BCUT2D eigenvalue weighted by Crippen LogP contribution is 2.36. The summed E-state index contributed by atoms with van der Waals surface area (Å²) in [6, 6.07) is 7.83. The van der Waals surface area contributed by atoms with Crippen molar-refractivity contribution in [3.8, 4) is 5.75 Å². The molecule has 1 fully saturated rings. The van der Waals surface area contributed by atoms with Gasteiger partial charge in [-0.15, -0.1) is 0 Å². The molecule has 0 amide bonds. The number of ether oxygens (including phenoxy) is 1. The van der Waals surface area contributed by atoms with Gasteiger partial charge >= 0.3 is 0 Å². The minimum absolute atomic E-state index is 0.520. The number of aryl methyl sites for hydroxylation is 1. The number of nitrogens with one attached hydrogen (secondary N) is 1. The molecule has 3 heteroatoms. The van der Waals surface area contributed by atoms with E-state index in [1.54, 1.807) is 7.11 Å². The quantitative estimate of drug-likeness (QED) is 0.874. The first kappa shape index (κ1) is 15.2. The molecule has 2 aliphatic carbocycles. The van der Waals surface area contributed by atoms with E-state index in [1.807, 2.05) is 0 Å². The summed E-state index contributed by atoms with van der Waals surface area (Å²) in [6.07, 6.45) is 7.89. The van der Waals surface area contributed by atoms with Gasteiger partial charge in [-0.25, -0.2) is 0 Å². The molecule has 0 saturated heterocycles. The average molecular weight is 305 g/mol. The van der Waals surface area contributed by atoms with Crippen LogP contribution in [0, 0.1) is 0 Å². The molecule has 2 aliphatic rings. The molecule has 2 nitrogen and oxygen atoms in total. The molecular formula is C18H27NOS. The van der Waals surface area contributed by atoms with Crippen molar-refractivity contribution < 1.29 is 4.74 Å². The Bertz CT molecular complexity index is 476. The Hall–Kier alpha value is -0.670. The van der Waals surface area contributed by atoms with Gasteiger partial charge in [-0.05, 0) is 61.1 Å². The van der Waals surface area contributed by atoms with Crippen molar-refractivity contribution in [3.63, 3.8) is 0 Å². The smallest absolute Gasteiger partial charge is 0.119 e. The van der Waals surface area contributed by atoms with Crippen molar-refractivity contribution in [1.82, 2.24) is 5.32 Å². The van der Waals surface area contributed by atoms with E-state index in [0.29, 0.717) is 12.1 Å². The van der Waals surface area contributed by atoms with Gasteiger partial charge in [0, 0.05) is 17.3 Å². The van der Waals surface area contributed by atoms with Crippen molar-refractivity contribution in [1.29, 1.82) is 0 Å². The molecule has 3 rings (SSSR count). The molecule has 0 aliphatic heterocycles. The standard InChI is InChI=1S/C18H27NOS/c1-3-21-18-9-5-8-17(18)19-16-7-4-6-13-10-11-14(20-2)12-15(13)16/h10-12,16-19H,3-9H2,1-2H3. The lowest BCUT2D eigenvalue weighted by molar-refractivity contribution is 0.391. The van der Waals surface area contributed by atoms with Crippen LogP contribution in [0.25, 0.3) is 0 Å². The first-order valence-corrected chi connectivity index (χ1v) is 9.41. The van der Waals surface area contributed by atoms with E-state index in [4.69, 9.17) is 4.74 Å². The van der Waals surface area contributed by atoms with Crippen LogP contribution in [0.4, 0.5) is 0 Å². The third-order valence-corrected chi connectivity index (χ3v) is 6.24. The maximum absolute atomic E-state index is 5.43. The zero-order valence-electron chi connectivity index (χ0n) is 13.2. The van der Waals surface area contributed by atoms with Gasteiger partial charge in [-0.3, -0.25) is 0 Å². The third kappa shape index (κ3) is 3.40. The Morgan fingerprint density at radius 3 is 2.95 bits per heavy atom. The number of methoxy groups -OCH3 is 1. The minimum atomic E-state index is 0.520. The van der Waals surface area contributed by atoms with Crippen molar-refractivity contribution in [2.75, 3.05) is 12.9 Å². The topological polar surface area (TPSA) is 21.3 Å². The number of benzene rings is 1. The highest BCUT2D eigenvalue weighted by atomic mass is 32.2. The fraction of sp³-hybridized carbons (Fsp3) is 0.667. The van der Waals surface area contributed by atoms with Crippen LogP contribution < -0.4 is 10.1 Å². The number of fused-ring (bicyclic) bond motifs is 1. The summed E-state index contributed by atoms with van der Waals surface area (Å²) in [5.74, 6) is 2.23. The molecule has 116 valence electrons. The molecule has 0 bridgehead atoms. The molecule has 1 aromatic carbocycles. The lowest BCUT2D eigenvalue weighted by Crippen LogP contribution is -2.38. The second kappa shape index (κ2) is 7.06. The second-order valence-electron chi connectivity index (χ2n) is 6.21. The Morgan fingerprint density at radius 1 is 1.24 bits per heavy atom. The van der Waals surface area contributed by atoms with E-state index in [2.05, 4.69) is 42.2 Å². The highest BCUT2D eigenvalue weighted by molar-refractivity contribution is 7.99. The molecular weight excluding hydrogens is 278 g/mol. The van der Waals surface area contributed by atoms with Gasteiger partial charge in [0.05, 0.1) is 7.11 Å². The summed E-state index contributed by atoms with van der Waals surface area (Å²) in [6.45, 7) is 2.28. The molecule has 1 N–H and O–H groups in total. The lowest BCUT2D eigenvalue weighted by atomic mass is 9.87. The predicted molar refractivity (Wildman–Crippen MR) is 91.4 cm³/mol. The minimum Gasteiger partial charge on any atom is -0.497 e. The van der Waals surface area contributed by atoms with Gasteiger partial charge in [0.15, 0.2) is 0 Å². The zero-order chi connectivity index (χ0) is 14.7. The normalized spacial score (nSPS) is 28.4. The fourth-order valence-corrected chi connectivity index (χ4v) is 5.07. The SMILES string of the molecule is CCSC1CCCC1NC1CCCc2ccc(OC)cc21. The first-order chi connectivity index (χ1) is 10.3. The van der Waals surface area contributed by atoms with Crippen molar-refractivity contribution >= 4 is 11.8 Å². The number of thioether (sulfide) groups is 1. The largest absolute Gasteiger partial charge is 0.497 e. The molecule has 3 unspecified atom stereocenters. The van der Waals surface area contributed by atoms with Gasteiger partial charge in [0.1, 0.15) is 5.75 Å². The highest BCUT2D eigenvalue weighted by Gasteiger charge is 2.31. The summed E-state index contributed by atoms with van der Waals surface area (Å²) < 4.78 is 5.43. The summed E-state index contributed by atoms with van der Waals surface area (Å²) in [4.78, 5) is 0. The van der Waals surface area contributed by atoms with Gasteiger partial charge in [-0.1, -0.05) is 19.4 Å². The van der Waals surface area contributed by atoms with E-state index in [0.717, 1.165) is 11.0 Å². The van der Waals surface area contributed by atoms with E-state index in [1.165, 1.54) is 55.4 Å². The molecule has 1 saturated carbocycles. The molecule has 1 aromatic rings. The second-order valence-corrected chi connectivity index (χ2v) is 7.72. The van der Waals surface area contributed by atoms with Crippen LogP contribution in [0.5, 0.6) is 5.75 Å². The van der Waals surface area contributed by atoms with Crippen molar-refractivity contribution in [2.45, 2.75) is 62.8 Å². The first-order valence-electron chi connectivity index (χ1n) is 8.36. The van der Waals surface area contributed by atoms with E-state index in [9.17, 15) is 0 Å². The fourth-order valence-electron chi connectivity index (χ4n) is 3.87. The monoisotopic (exact) mass is 305 g/mol. The molecule has 21 heavy (non-hydrogen) atoms. The summed E-state index contributed by atoms with van der Waals surface area (Å²) >= 11 is 2.14. The van der Waals surface area contributed by atoms with E-state index >= 15 is 0 Å². The van der Waals surface area contributed by atoms with E-state index < -0.39 is 0 Å². The Morgan fingerprint density at radius 2 is 2.14 bits per heavy atom. The van der Waals surface area contributed by atoms with Crippen molar-refractivity contribution in [2.24, 2.45) is 0 Å². The molecule has 0 radical (unpaired) electrons. The van der Waals surface area contributed by atoms with Gasteiger partial charge in [-0.2, -0.15) is 11.8 Å². The molecule has 0 aromatic heterocycles. The van der Waals surface area contributed by atoms with Crippen LogP contribution >= 0.6 is 11.8 Å². The third-order valence-electron chi connectivity index (χ3n) is 4.92. The lowest BCUT2D eigenvalue weighted by Gasteiger charge is -2.31. The number of hydrogen-bond acceptors (Lipinski definition) is 3. The summed E-state index contributed by atoms with van der Waals surface area (Å²) in [7, 11) is 1.76. The van der Waals surface area contributed by atoms with Crippen molar-refractivity contribution in [3.05, 3.63) is 29.3 Å². The van der Waals surface area contributed by atoms with Gasteiger partial charge in [0.2, 0.25) is 0 Å². The Balaban J connectivity index is 1.75. The maximum Gasteiger partial charge on any atom is 0.119 e.